The second-order valence-corrected chi connectivity index (χ2v) is 9.05. The van der Waals surface area contributed by atoms with Crippen molar-refractivity contribution < 1.29 is 14.4 Å². The van der Waals surface area contributed by atoms with Crippen LogP contribution in [0.2, 0.25) is 10.0 Å². The third kappa shape index (κ3) is 2.71. The van der Waals surface area contributed by atoms with Crippen LogP contribution in [0.15, 0.2) is 23.4 Å². The first-order valence-electron chi connectivity index (χ1n) is 9.13. The molecule has 2 amide bonds. The van der Waals surface area contributed by atoms with Crippen molar-refractivity contribution in [3.63, 3.8) is 0 Å². The highest BCUT2D eigenvalue weighted by atomic mass is 35.5. The summed E-state index contributed by atoms with van der Waals surface area (Å²) in [4.78, 5) is 33.9. The van der Waals surface area contributed by atoms with Crippen LogP contribution in [0, 0.1) is 17.2 Å². The number of fused-ring (bicyclic) bond motifs is 2. The van der Waals surface area contributed by atoms with Gasteiger partial charge in [-0.2, -0.15) is 5.26 Å². The van der Waals surface area contributed by atoms with Crippen molar-refractivity contribution in [3.05, 3.63) is 49.8 Å². The summed E-state index contributed by atoms with van der Waals surface area (Å²) in [5.41, 5.74) is 2.19. The summed E-state index contributed by atoms with van der Waals surface area (Å²) in [6.45, 7) is 0. The van der Waals surface area contributed by atoms with Gasteiger partial charge in [0.1, 0.15) is 22.7 Å². The molecule has 6 nitrogen and oxygen atoms in total. The SMILES string of the molecule is N#Cc1c(N2C(=O)C3ON=C(c4ccc(Cl)cc4Cl)C3C2=O)sc2c1CCCC2. The molecule has 0 N–H and O–H groups in total. The highest BCUT2D eigenvalue weighted by Crippen LogP contribution is 2.44. The van der Waals surface area contributed by atoms with Crippen LogP contribution in [0.25, 0.3) is 0 Å². The molecule has 2 aliphatic heterocycles. The Bertz CT molecular complexity index is 1150. The molecule has 2 atom stereocenters. The molecule has 2 unspecified atom stereocenters. The molecule has 3 aliphatic rings. The zero-order chi connectivity index (χ0) is 20.3. The van der Waals surface area contributed by atoms with Gasteiger partial charge in [0.25, 0.3) is 5.91 Å². The first-order valence-corrected chi connectivity index (χ1v) is 10.7. The number of amides is 2. The number of carbonyl (C=O) groups excluding carboxylic acids is 2. The number of aryl methyl sites for hydroxylation is 1. The van der Waals surface area contributed by atoms with Gasteiger partial charge in [-0.1, -0.05) is 34.4 Å². The van der Waals surface area contributed by atoms with Gasteiger partial charge in [-0.15, -0.1) is 11.3 Å². The van der Waals surface area contributed by atoms with E-state index in [9.17, 15) is 14.9 Å². The number of halogens is 2. The van der Waals surface area contributed by atoms with Crippen LogP contribution in [0.1, 0.15) is 34.4 Å². The maximum absolute atomic E-state index is 13.3. The predicted molar refractivity (Wildman–Crippen MR) is 110 cm³/mol. The summed E-state index contributed by atoms with van der Waals surface area (Å²) in [6.07, 6.45) is 2.65. The van der Waals surface area contributed by atoms with Gasteiger partial charge in [0, 0.05) is 15.5 Å². The Kier molecular flexibility index (Phi) is 4.39. The van der Waals surface area contributed by atoms with Crippen LogP contribution in [-0.2, 0) is 27.3 Å². The van der Waals surface area contributed by atoms with Crippen LogP contribution in [0.3, 0.4) is 0 Å². The molecule has 1 aliphatic carbocycles. The van der Waals surface area contributed by atoms with Crippen molar-refractivity contribution in [1.29, 1.82) is 5.26 Å². The van der Waals surface area contributed by atoms with E-state index in [1.807, 2.05) is 0 Å². The number of imide groups is 1. The average molecular weight is 446 g/mol. The van der Waals surface area contributed by atoms with Gasteiger partial charge in [-0.05, 0) is 43.4 Å². The topological polar surface area (TPSA) is 82.8 Å². The Morgan fingerprint density at radius 1 is 1.21 bits per heavy atom. The molecule has 0 saturated carbocycles. The molecule has 5 rings (SSSR count). The van der Waals surface area contributed by atoms with E-state index in [0.717, 1.165) is 41.0 Å². The molecular formula is C20H13Cl2N3O3S. The Labute approximate surface area is 180 Å². The molecule has 1 aromatic carbocycles. The average Bonchev–Trinajstić information content (AvgIpc) is 3.35. The first kappa shape index (κ1) is 18.6. The molecule has 1 fully saturated rings. The highest BCUT2D eigenvalue weighted by Gasteiger charge is 2.57. The van der Waals surface area contributed by atoms with Gasteiger partial charge in [0.2, 0.25) is 12.0 Å². The number of hydrogen-bond acceptors (Lipinski definition) is 6. The maximum Gasteiger partial charge on any atom is 0.279 e. The smallest absolute Gasteiger partial charge is 0.279 e. The van der Waals surface area contributed by atoms with E-state index in [2.05, 4.69) is 11.2 Å². The van der Waals surface area contributed by atoms with Gasteiger partial charge < -0.3 is 4.84 Å². The number of anilines is 1. The van der Waals surface area contributed by atoms with E-state index in [4.69, 9.17) is 28.0 Å². The Morgan fingerprint density at radius 2 is 2.00 bits per heavy atom. The number of benzene rings is 1. The lowest BCUT2D eigenvalue weighted by atomic mass is 9.94. The van der Waals surface area contributed by atoms with Crippen LogP contribution in [-0.4, -0.2) is 23.6 Å². The van der Waals surface area contributed by atoms with E-state index in [-0.39, 0.29) is 0 Å². The highest BCUT2D eigenvalue weighted by molar-refractivity contribution is 7.17. The monoisotopic (exact) mass is 445 g/mol. The number of carbonyl (C=O) groups is 2. The molecule has 3 heterocycles. The van der Waals surface area contributed by atoms with Crippen molar-refractivity contribution in [3.8, 4) is 6.07 Å². The minimum atomic E-state index is -1.05. The van der Waals surface area contributed by atoms with E-state index in [1.165, 1.54) is 11.3 Å². The zero-order valence-corrected chi connectivity index (χ0v) is 17.3. The molecule has 146 valence electrons. The fourth-order valence-electron chi connectivity index (χ4n) is 4.12. The van der Waals surface area contributed by atoms with Crippen LogP contribution >= 0.6 is 34.5 Å². The lowest BCUT2D eigenvalue weighted by Crippen LogP contribution is -2.33. The summed E-state index contributed by atoms with van der Waals surface area (Å²) in [5.74, 6) is -1.84. The zero-order valence-electron chi connectivity index (χ0n) is 14.9. The Balaban J connectivity index is 1.56. The summed E-state index contributed by atoms with van der Waals surface area (Å²) < 4.78 is 0. The third-order valence-corrected chi connectivity index (χ3v) is 7.31. The molecule has 9 heteroatoms. The molecule has 1 aromatic heterocycles. The molecule has 0 radical (unpaired) electrons. The molecule has 2 aromatic rings. The van der Waals surface area contributed by atoms with Gasteiger partial charge in [0.05, 0.1) is 10.6 Å². The molecule has 1 saturated heterocycles. The number of nitriles is 1. The molecule has 0 bridgehead atoms. The minimum absolute atomic E-state index is 0.303. The normalized spacial score (nSPS) is 22.8. The fraction of sp³-hybridized carbons (Fsp3) is 0.300. The van der Waals surface area contributed by atoms with Crippen LogP contribution < -0.4 is 4.90 Å². The summed E-state index contributed by atoms with van der Waals surface area (Å²) in [6, 6.07) is 7.04. The third-order valence-electron chi connectivity index (χ3n) is 5.49. The minimum Gasteiger partial charge on any atom is -0.381 e. The van der Waals surface area contributed by atoms with Gasteiger partial charge >= 0.3 is 0 Å². The van der Waals surface area contributed by atoms with E-state index in [0.29, 0.717) is 31.9 Å². The lowest BCUT2D eigenvalue weighted by Gasteiger charge is -2.14. The quantitative estimate of drug-likeness (QED) is 0.651. The number of thiophene rings is 1. The summed E-state index contributed by atoms with van der Waals surface area (Å²) in [5, 5.41) is 14.9. The Morgan fingerprint density at radius 3 is 2.76 bits per heavy atom. The molecule has 0 spiro atoms. The number of nitrogens with zero attached hydrogens (tertiary/aromatic N) is 3. The van der Waals surface area contributed by atoms with E-state index in [1.54, 1.807) is 18.2 Å². The van der Waals surface area contributed by atoms with E-state index < -0.39 is 23.8 Å². The predicted octanol–water partition coefficient (Wildman–Crippen LogP) is 4.10. The van der Waals surface area contributed by atoms with Crippen LogP contribution in [0.4, 0.5) is 5.00 Å². The van der Waals surface area contributed by atoms with Gasteiger partial charge in [-0.3, -0.25) is 9.59 Å². The number of hydrogen-bond donors (Lipinski definition) is 0. The Hall–Kier alpha value is -2.40. The molecular weight excluding hydrogens is 433 g/mol. The van der Waals surface area contributed by atoms with E-state index >= 15 is 0 Å². The maximum atomic E-state index is 13.3. The van der Waals surface area contributed by atoms with Crippen molar-refractivity contribution in [2.24, 2.45) is 11.1 Å². The van der Waals surface area contributed by atoms with Crippen LogP contribution in [0.5, 0.6) is 0 Å². The standard InChI is InChI=1S/C20H13Cl2N3O3S/c21-9-5-6-11(13(22)7-9)16-15-17(28-24-16)19(27)25(18(15)26)20-12(8-23)10-3-1-2-4-14(10)29-20/h5-7,15,17H,1-4H2. The largest absolute Gasteiger partial charge is 0.381 e. The van der Waals surface area contributed by atoms with Crippen molar-refractivity contribution >= 4 is 57.1 Å². The fourth-order valence-corrected chi connectivity index (χ4v) is 5.98. The summed E-state index contributed by atoms with van der Waals surface area (Å²) in [7, 11) is 0. The van der Waals surface area contributed by atoms with Gasteiger partial charge in [-0.25, -0.2) is 4.90 Å². The van der Waals surface area contributed by atoms with Gasteiger partial charge in [0.15, 0.2) is 0 Å². The first-order chi connectivity index (χ1) is 14.0. The second kappa shape index (κ2) is 6.84. The molecule has 29 heavy (non-hydrogen) atoms. The van der Waals surface area contributed by atoms with Crippen molar-refractivity contribution in [2.45, 2.75) is 31.8 Å². The van der Waals surface area contributed by atoms with Crippen molar-refractivity contribution in [1.82, 2.24) is 0 Å². The number of rotatable bonds is 2. The lowest BCUT2D eigenvalue weighted by molar-refractivity contribution is -0.126. The number of oxime groups is 1. The second-order valence-electron chi connectivity index (χ2n) is 7.12. The van der Waals surface area contributed by atoms with Crippen molar-refractivity contribution in [2.75, 3.05) is 4.90 Å². The summed E-state index contributed by atoms with van der Waals surface area (Å²) >= 11 is 13.6.